The Balaban J connectivity index is 3.58. The zero-order chi connectivity index (χ0) is 37.6. The molecule has 1 fully saturated rings. The average Bonchev–Trinajstić information content (AvgIpc) is 3.02. The van der Waals surface area contributed by atoms with Crippen LogP contribution >= 0.6 is 0 Å². The van der Waals surface area contributed by atoms with Crippen molar-refractivity contribution in [3.8, 4) is 0 Å². The summed E-state index contributed by atoms with van der Waals surface area (Å²) < 4.78 is 43.6. The third-order valence-corrected chi connectivity index (χ3v) is 8.62. The predicted molar refractivity (Wildman–Crippen MR) is 173 cm³/mol. The van der Waals surface area contributed by atoms with E-state index in [2.05, 4.69) is 21.3 Å². The van der Waals surface area contributed by atoms with Gasteiger partial charge >= 0.3 is 12.1 Å². The number of ether oxygens (including phenoxy) is 1. The second-order valence-corrected chi connectivity index (χ2v) is 13.2. The molecule has 49 heavy (non-hydrogen) atoms. The van der Waals surface area contributed by atoms with Gasteiger partial charge in [0, 0.05) is 20.0 Å². The molecule has 0 aliphatic carbocycles. The summed E-state index contributed by atoms with van der Waals surface area (Å²) in [7, 11) is 1.40. The van der Waals surface area contributed by atoms with Crippen LogP contribution in [0.4, 0.5) is 13.2 Å². The average molecular weight is 709 g/mol. The second kappa shape index (κ2) is 20.3. The molecular formula is C32H55F3N6O8. The highest BCUT2D eigenvalue weighted by Gasteiger charge is 2.38. The highest BCUT2D eigenvalue weighted by atomic mass is 19.4. The molecule has 0 aromatic heterocycles. The number of halogens is 3. The number of aliphatic hydroxyl groups is 1. The van der Waals surface area contributed by atoms with E-state index in [9.17, 15) is 47.0 Å². The van der Waals surface area contributed by atoms with Crippen LogP contribution in [0.1, 0.15) is 86.5 Å². The molecule has 0 radical (unpaired) electrons. The first kappa shape index (κ1) is 43.6. The van der Waals surface area contributed by atoms with Gasteiger partial charge in [-0.3, -0.25) is 28.8 Å². The normalized spacial score (nSPS) is 27.2. The fourth-order valence-electron chi connectivity index (χ4n) is 5.36. The lowest BCUT2D eigenvalue weighted by Gasteiger charge is -2.34. The van der Waals surface area contributed by atoms with Crippen molar-refractivity contribution in [1.29, 1.82) is 0 Å². The number of nitrogens with zero attached hydrogens (tertiary/aromatic N) is 1. The lowest BCUT2D eigenvalue weighted by atomic mass is 9.94. The third-order valence-electron chi connectivity index (χ3n) is 8.62. The Morgan fingerprint density at radius 1 is 0.918 bits per heavy atom. The van der Waals surface area contributed by atoms with Crippen LogP contribution in [0.25, 0.3) is 0 Å². The molecule has 0 bridgehead atoms. The summed E-state index contributed by atoms with van der Waals surface area (Å²) >= 11 is 0. The number of aliphatic hydroxyl groups excluding tert-OH is 1. The van der Waals surface area contributed by atoms with Gasteiger partial charge in [-0.2, -0.15) is 13.2 Å². The second-order valence-electron chi connectivity index (χ2n) is 13.2. The fourth-order valence-corrected chi connectivity index (χ4v) is 5.36. The van der Waals surface area contributed by atoms with Crippen LogP contribution in [0.2, 0.25) is 0 Å². The molecule has 1 heterocycles. The van der Waals surface area contributed by atoms with Crippen LogP contribution in [-0.2, 0) is 33.5 Å². The van der Waals surface area contributed by atoms with E-state index in [4.69, 9.17) is 10.5 Å². The van der Waals surface area contributed by atoms with E-state index >= 15 is 0 Å². The maximum absolute atomic E-state index is 13.9. The number of hydrogen-bond acceptors (Lipinski definition) is 9. The summed E-state index contributed by atoms with van der Waals surface area (Å²) in [5.74, 6) is -6.40. The standard InChI is InChI=1S/C32H55F3N6O8/c1-8-18(4)25-30(47)38-21(15-36)27(44)40-26(20(6)42)29(46)37-16-24(43)49-23(12-10-9-11-13-32(33,34)35)19(5)31(48)41(7)22(14-17(2)3)28(45)39-25/h17-23,25-26,42H,8-16,36H2,1-7H3,(H,37,46)(H,38,47)(H,39,45)(H,40,44)/t18?,19-,20?,21+,22+,23-,25+,26+/m1/s1. The number of unbranched alkanes of at least 4 members (excludes halogenated alkanes) is 2. The first-order valence-corrected chi connectivity index (χ1v) is 16.8. The van der Waals surface area contributed by atoms with Gasteiger partial charge in [0.1, 0.15) is 36.8 Å². The van der Waals surface area contributed by atoms with E-state index in [0.29, 0.717) is 6.42 Å². The van der Waals surface area contributed by atoms with Crippen LogP contribution < -0.4 is 27.0 Å². The van der Waals surface area contributed by atoms with Crippen molar-refractivity contribution in [2.24, 2.45) is 23.5 Å². The number of nitrogens with one attached hydrogen (secondary N) is 4. The molecule has 7 N–H and O–H groups in total. The van der Waals surface area contributed by atoms with Gasteiger partial charge in [-0.05, 0) is 44.4 Å². The highest BCUT2D eigenvalue weighted by Crippen LogP contribution is 2.25. The summed E-state index contributed by atoms with van der Waals surface area (Å²) in [5, 5.41) is 20.1. The number of likely N-dealkylation sites (N-methyl/N-ethyl adjacent to an activating group) is 1. The number of nitrogens with two attached hydrogens (primary N) is 1. The Hall–Kier alpha value is -3.47. The van der Waals surface area contributed by atoms with Crippen molar-refractivity contribution in [1.82, 2.24) is 26.2 Å². The molecule has 1 saturated heterocycles. The topological polar surface area (TPSA) is 209 Å². The molecule has 17 heteroatoms. The highest BCUT2D eigenvalue weighted by molar-refractivity contribution is 5.96. The minimum absolute atomic E-state index is 0.0163. The van der Waals surface area contributed by atoms with Gasteiger partial charge in [0.05, 0.1) is 12.0 Å². The maximum atomic E-state index is 13.9. The lowest BCUT2D eigenvalue weighted by molar-refractivity contribution is -0.157. The van der Waals surface area contributed by atoms with Crippen molar-refractivity contribution in [3.05, 3.63) is 0 Å². The summed E-state index contributed by atoms with van der Waals surface area (Å²) in [6.07, 6.45) is -7.10. The zero-order valence-electron chi connectivity index (χ0n) is 29.5. The first-order valence-electron chi connectivity index (χ1n) is 16.8. The van der Waals surface area contributed by atoms with Gasteiger partial charge in [0.2, 0.25) is 29.5 Å². The molecule has 0 aromatic carbocycles. The molecule has 282 valence electrons. The third kappa shape index (κ3) is 14.5. The number of alkyl halides is 3. The predicted octanol–water partition coefficient (Wildman–Crippen LogP) is 0.890. The molecule has 14 nitrogen and oxygen atoms in total. The Kier molecular flexibility index (Phi) is 18.0. The largest absolute Gasteiger partial charge is 0.460 e. The van der Waals surface area contributed by atoms with Gasteiger partial charge < -0.3 is 41.7 Å². The fraction of sp³-hybridized carbons (Fsp3) is 0.812. The zero-order valence-corrected chi connectivity index (χ0v) is 29.5. The SMILES string of the molecule is CCC(C)[C@@H]1NC(=O)[C@H](CC(C)C)N(C)C(=O)[C@H](C)[C@@H](CCCCCC(F)(F)F)OC(=O)CNC(=O)[C@H](C(C)O)NC(=O)[C@H](CN)NC1=O. The molecular weight excluding hydrogens is 653 g/mol. The van der Waals surface area contributed by atoms with Crippen molar-refractivity contribution < 1.29 is 51.8 Å². The summed E-state index contributed by atoms with van der Waals surface area (Å²) in [6.45, 7) is 8.75. The van der Waals surface area contributed by atoms with Gasteiger partial charge in [-0.25, -0.2) is 0 Å². The van der Waals surface area contributed by atoms with Crippen LogP contribution in [0.3, 0.4) is 0 Å². The molecule has 5 amide bonds. The monoisotopic (exact) mass is 708 g/mol. The molecule has 1 rings (SSSR count). The van der Waals surface area contributed by atoms with Crippen molar-refractivity contribution in [3.63, 3.8) is 0 Å². The number of rotatable bonds is 11. The van der Waals surface area contributed by atoms with Crippen LogP contribution in [0.5, 0.6) is 0 Å². The van der Waals surface area contributed by atoms with Gasteiger partial charge in [0.25, 0.3) is 0 Å². The van der Waals surface area contributed by atoms with E-state index in [0.717, 1.165) is 0 Å². The van der Waals surface area contributed by atoms with E-state index in [1.54, 1.807) is 13.8 Å². The van der Waals surface area contributed by atoms with Crippen molar-refractivity contribution >= 4 is 35.5 Å². The molecule has 1 aliphatic heterocycles. The van der Waals surface area contributed by atoms with Gasteiger partial charge in [-0.15, -0.1) is 0 Å². The van der Waals surface area contributed by atoms with Crippen molar-refractivity contribution in [2.75, 3.05) is 20.1 Å². The molecule has 1 aliphatic rings. The summed E-state index contributed by atoms with van der Waals surface area (Å²) in [6, 6.07) is -5.17. The number of hydrogen-bond donors (Lipinski definition) is 6. The van der Waals surface area contributed by atoms with Crippen LogP contribution in [0.15, 0.2) is 0 Å². The smallest absolute Gasteiger partial charge is 0.389 e. The van der Waals surface area contributed by atoms with Gasteiger partial charge in [-0.1, -0.05) is 47.5 Å². The molecule has 0 saturated carbocycles. The minimum atomic E-state index is -4.33. The number of amides is 5. The molecule has 0 aromatic rings. The Labute approximate surface area is 286 Å². The lowest BCUT2D eigenvalue weighted by Crippen LogP contribution is -2.62. The quantitative estimate of drug-likeness (QED) is 0.133. The Morgan fingerprint density at radius 2 is 1.53 bits per heavy atom. The molecule has 2 unspecified atom stereocenters. The van der Waals surface area contributed by atoms with Crippen LogP contribution in [-0.4, -0.2) is 108 Å². The summed E-state index contributed by atoms with van der Waals surface area (Å²) in [5.41, 5.74) is 5.77. The first-order chi connectivity index (χ1) is 22.7. The molecule has 0 spiro atoms. The Bertz CT molecular complexity index is 1140. The Morgan fingerprint density at radius 3 is 2.06 bits per heavy atom. The van der Waals surface area contributed by atoms with E-state index in [1.165, 1.54) is 25.8 Å². The number of esters is 1. The number of carbonyl (C=O) groups is 6. The molecule has 8 atom stereocenters. The van der Waals surface area contributed by atoms with Crippen LogP contribution in [0, 0.1) is 17.8 Å². The van der Waals surface area contributed by atoms with E-state index in [-0.39, 0.29) is 38.0 Å². The summed E-state index contributed by atoms with van der Waals surface area (Å²) in [4.78, 5) is 81.3. The number of carbonyl (C=O) groups excluding carboxylic acids is 6. The van der Waals surface area contributed by atoms with E-state index < -0.39 is 109 Å². The number of cyclic esters (lactones) is 1. The van der Waals surface area contributed by atoms with E-state index in [1.807, 2.05) is 13.8 Å². The maximum Gasteiger partial charge on any atom is 0.389 e. The van der Waals surface area contributed by atoms with Gasteiger partial charge in [0.15, 0.2) is 0 Å². The minimum Gasteiger partial charge on any atom is -0.460 e. The van der Waals surface area contributed by atoms with Crippen molar-refractivity contribution in [2.45, 2.75) is 129 Å².